The number of fused-ring (bicyclic) bond motifs is 1. The highest BCUT2D eigenvalue weighted by molar-refractivity contribution is 5.71. The lowest BCUT2D eigenvalue weighted by Crippen LogP contribution is -2.21. The highest BCUT2D eigenvalue weighted by atomic mass is 16.5. The molecule has 6 nitrogen and oxygen atoms in total. The molecule has 0 fully saturated rings. The molecule has 4 N–H and O–H groups in total. The van der Waals surface area contributed by atoms with Gasteiger partial charge in [-0.25, -0.2) is 0 Å². The second-order valence-corrected chi connectivity index (χ2v) is 3.69. The Morgan fingerprint density at radius 3 is 2.47 bits per heavy atom. The second-order valence-electron chi connectivity index (χ2n) is 3.69. The summed E-state index contributed by atoms with van der Waals surface area (Å²) in [5.41, 5.74) is 0.765. The van der Waals surface area contributed by atoms with Crippen molar-refractivity contribution in [1.29, 1.82) is 0 Å². The van der Waals surface area contributed by atoms with Crippen LogP contribution in [0, 0.1) is 5.92 Å². The van der Waals surface area contributed by atoms with Gasteiger partial charge in [-0.05, 0) is 19.3 Å². The molecule has 0 aliphatic heterocycles. The van der Waals surface area contributed by atoms with E-state index in [1.54, 1.807) is 0 Å². The minimum absolute atomic E-state index is 0.137. The van der Waals surface area contributed by atoms with Crippen molar-refractivity contribution < 1.29 is 25.3 Å². The van der Waals surface area contributed by atoms with Crippen LogP contribution in [0.3, 0.4) is 0 Å². The van der Waals surface area contributed by atoms with Crippen molar-refractivity contribution in [2.45, 2.75) is 19.3 Å². The lowest BCUT2D eigenvalue weighted by molar-refractivity contribution is -0.142. The van der Waals surface area contributed by atoms with Crippen molar-refractivity contribution >= 4 is 5.97 Å². The topological polar surface area (TPSA) is 103 Å². The number of rotatable bonds is 1. The first-order valence-corrected chi connectivity index (χ1v) is 4.58. The van der Waals surface area contributed by atoms with E-state index in [9.17, 15) is 20.2 Å². The molecule has 1 aliphatic carbocycles. The van der Waals surface area contributed by atoms with Crippen LogP contribution in [0.25, 0.3) is 0 Å². The molecule has 15 heavy (non-hydrogen) atoms. The Hall–Kier alpha value is -1.85. The van der Waals surface area contributed by atoms with Gasteiger partial charge in [0.2, 0.25) is 11.8 Å². The molecule has 1 heterocycles. The molecule has 0 spiro atoms. The molecule has 0 radical (unpaired) electrons. The van der Waals surface area contributed by atoms with Crippen LogP contribution in [0.1, 0.15) is 17.5 Å². The summed E-state index contributed by atoms with van der Waals surface area (Å²) in [6.07, 6.45) is 0.885. The van der Waals surface area contributed by atoms with E-state index in [0.717, 1.165) is 0 Å². The van der Waals surface area contributed by atoms with E-state index in [0.29, 0.717) is 24.0 Å². The third kappa shape index (κ3) is 1.29. The van der Waals surface area contributed by atoms with Crippen molar-refractivity contribution in [3.63, 3.8) is 0 Å². The maximum Gasteiger partial charge on any atom is 0.306 e. The maximum atomic E-state index is 10.8. The van der Waals surface area contributed by atoms with Gasteiger partial charge in [0.05, 0.1) is 5.92 Å². The summed E-state index contributed by atoms with van der Waals surface area (Å²) in [6.45, 7) is 0. The van der Waals surface area contributed by atoms with E-state index >= 15 is 0 Å². The quantitative estimate of drug-likeness (QED) is 0.503. The first kappa shape index (κ1) is 9.70. The number of nitrogens with zero attached hydrogens (tertiary/aromatic N) is 1. The van der Waals surface area contributed by atoms with E-state index in [2.05, 4.69) is 0 Å². The number of hydrogen-bond donors (Lipinski definition) is 4. The highest BCUT2D eigenvalue weighted by Crippen LogP contribution is 2.39. The van der Waals surface area contributed by atoms with Crippen molar-refractivity contribution in [3.05, 3.63) is 11.1 Å². The van der Waals surface area contributed by atoms with Crippen molar-refractivity contribution in [1.82, 2.24) is 4.73 Å². The molecule has 0 saturated carbocycles. The summed E-state index contributed by atoms with van der Waals surface area (Å²) in [6, 6.07) is 0. The normalized spacial score (nSPS) is 19.9. The van der Waals surface area contributed by atoms with E-state index < -0.39 is 23.6 Å². The molecular weight excluding hydrogens is 202 g/mol. The van der Waals surface area contributed by atoms with Crippen LogP contribution in [-0.4, -0.2) is 31.2 Å². The fraction of sp³-hybridized carbons (Fsp3) is 0.444. The first-order chi connectivity index (χ1) is 7.02. The number of carboxylic acids is 1. The second kappa shape index (κ2) is 3.08. The van der Waals surface area contributed by atoms with Crippen LogP contribution in [0.15, 0.2) is 0 Å². The van der Waals surface area contributed by atoms with Crippen molar-refractivity contribution in [2.24, 2.45) is 5.92 Å². The van der Waals surface area contributed by atoms with E-state index in [4.69, 9.17) is 5.11 Å². The summed E-state index contributed by atoms with van der Waals surface area (Å²) >= 11 is 0. The smallest absolute Gasteiger partial charge is 0.306 e. The van der Waals surface area contributed by atoms with Gasteiger partial charge in [-0.15, -0.1) is 4.73 Å². The van der Waals surface area contributed by atoms with E-state index in [1.165, 1.54) is 0 Å². The molecule has 0 bridgehead atoms. The lowest BCUT2D eigenvalue weighted by atomic mass is 9.86. The third-order valence-corrected chi connectivity index (χ3v) is 2.85. The molecule has 82 valence electrons. The van der Waals surface area contributed by atoms with Crippen LogP contribution in [-0.2, 0) is 17.6 Å². The molecule has 1 aromatic heterocycles. The largest absolute Gasteiger partial charge is 0.492 e. The van der Waals surface area contributed by atoms with Crippen LogP contribution in [0.2, 0.25) is 0 Å². The Balaban J connectivity index is 2.42. The predicted molar refractivity (Wildman–Crippen MR) is 48.1 cm³/mol. The molecule has 0 amide bonds. The number of aromatic nitrogens is 1. The highest BCUT2D eigenvalue weighted by Gasteiger charge is 2.32. The van der Waals surface area contributed by atoms with Gasteiger partial charge >= 0.3 is 5.97 Å². The zero-order chi connectivity index (χ0) is 11.2. The van der Waals surface area contributed by atoms with Gasteiger partial charge in [0, 0.05) is 11.1 Å². The van der Waals surface area contributed by atoms with Crippen LogP contribution >= 0.6 is 0 Å². The molecule has 2 rings (SSSR count). The minimum Gasteiger partial charge on any atom is -0.492 e. The molecule has 6 heteroatoms. The van der Waals surface area contributed by atoms with Crippen LogP contribution in [0.4, 0.5) is 0 Å². The number of aliphatic carboxylic acids is 1. The third-order valence-electron chi connectivity index (χ3n) is 2.85. The standard InChI is InChI=1S/C9H11NO5/c11-7-5-2-1-4(9(13)14)3-6(5)8(12)10(7)15/h4,11-12,15H,1-3H2,(H,13,14). The predicted octanol–water partition coefficient (Wildman–Crippen LogP) is 0.326. The monoisotopic (exact) mass is 213 g/mol. The number of aromatic hydroxyl groups is 2. The Labute approximate surface area is 85.0 Å². The Kier molecular flexibility index (Phi) is 1.99. The van der Waals surface area contributed by atoms with Crippen molar-refractivity contribution in [2.75, 3.05) is 0 Å². The van der Waals surface area contributed by atoms with Gasteiger partial charge in [0.1, 0.15) is 0 Å². The number of carbonyl (C=O) groups is 1. The summed E-state index contributed by atoms with van der Waals surface area (Å²) in [5.74, 6) is -2.35. The lowest BCUT2D eigenvalue weighted by Gasteiger charge is -2.17. The summed E-state index contributed by atoms with van der Waals surface area (Å²) < 4.78 is 0.287. The van der Waals surface area contributed by atoms with Gasteiger partial charge in [-0.3, -0.25) is 4.79 Å². The Morgan fingerprint density at radius 2 is 1.87 bits per heavy atom. The molecule has 1 unspecified atom stereocenters. The SMILES string of the molecule is O=C(O)C1CCc2c(c(O)n(O)c2O)C1. The Morgan fingerprint density at radius 1 is 1.27 bits per heavy atom. The molecular formula is C9H11NO5. The van der Waals surface area contributed by atoms with Gasteiger partial charge in [-0.1, -0.05) is 0 Å². The molecule has 1 aromatic rings. The minimum atomic E-state index is -0.926. The summed E-state index contributed by atoms with van der Waals surface area (Å²) in [5, 5.41) is 36.8. The maximum absolute atomic E-state index is 10.8. The van der Waals surface area contributed by atoms with Gasteiger partial charge in [0.15, 0.2) is 0 Å². The fourth-order valence-electron chi connectivity index (χ4n) is 1.98. The summed E-state index contributed by atoms with van der Waals surface area (Å²) in [4.78, 5) is 10.8. The average Bonchev–Trinajstić information content (AvgIpc) is 2.44. The van der Waals surface area contributed by atoms with Crippen molar-refractivity contribution in [3.8, 4) is 11.8 Å². The average molecular weight is 213 g/mol. The number of hydrogen-bond acceptors (Lipinski definition) is 4. The van der Waals surface area contributed by atoms with Gasteiger partial charge in [0.25, 0.3) is 0 Å². The van der Waals surface area contributed by atoms with Crippen LogP contribution in [0.5, 0.6) is 11.8 Å². The Bertz CT molecular complexity index is 423. The summed E-state index contributed by atoms with van der Waals surface area (Å²) in [7, 11) is 0. The molecule has 1 aliphatic rings. The molecule has 1 atom stereocenters. The zero-order valence-electron chi connectivity index (χ0n) is 7.84. The zero-order valence-corrected chi connectivity index (χ0v) is 7.84. The van der Waals surface area contributed by atoms with Gasteiger partial charge < -0.3 is 20.5 Å². The van der Waals surface area contributed by atoms with Crippen LogP contribution < -0.4 is 0 Å². The fourth-order valence-corrected chi connectivity index (χ4v) is 1.98. The van der Waals surface area contributed by atoms with E-state index in [-0.39, 0.29) is 11.2 Å². The first-order valence-electron chi connectivity index (χ1n) is 4.58. The van der Waals surface area contributed by atoms with Gasteiger partial charge in [-0.2, -0.15) is 0 Å². The van der Waals surface area contributed by atoms with E-state index in [1.807, 2.05) is 0 Å². The molecule has 0 aromatic carbocycles. The molecule has 0 saturated heterocycles. The number of carboxylic acid groups (broad SMARTS) is 1.